The van der Waals surface area contributed by atoms with E-state index >= 15 is 0 Å². The van der Waals surface area contributed by atoms with Crippen molar-refractivity contribution in [2.75, 3.05) is 11.9 Å². The van der Waals surface area contributed by atoms with E-state index in [0.29, 0.717) is 23.0 Å². The molecule has 0 aliphatic carbocycles. The molecule has 1 aliphatic rings. The van der Waals surface area contributed by atoms with Gasteiger partial charge in [-0.15, -0.1) is 0 Å². The molecule has 4 nitrogen and oxygen atoms in total. The van der Waals surface area contributed by atoms with Gasteiger partial charge in [0.25, 0.3) is 0 Å². The van der Waals surface area contributed by atoms with E-state index in [1.807, 2.05) is 0 Å². The maximum Gasteiger partial charge on any atom is 0.416 e. The first-order valence-electron chi connectivity index (χ1n) is 6.26. The van der Waals surface area contributed by atoms with Gasteiger partial charge in [-0.3, -0.25) is 0 Å². The summed E-state index contributed by atoms with van der Waals surface area (Å²) in [5.41, 5.74) is -0.448. The number of aliphatic carboxylic acids is 1. The van der Waals surface area contributed by atoms with Crippen LogP contribution >= 0.6 is 15.9 Å². The van der Waals surface area contributed by atoms with Crippen LogP contribution in [0, 0.1) is 0 Å². The highest BCUT2D eigenvalue weighted by atomic mass is 79.9. The number of anilines is 1. The summed E-state index contributed by atoms with van der Waals surface area (Å²) in [6.45, 7) is 0.254. The van der Waals surface area contributed by atoms with Crippen LogP contribution in [0.5, 0.6) is 0 Å². The van der Waals surface area contributed by atoms with Crippen LogP contribution < -0.4 is 5.32 Å². The van der Waals surface area contributed by atoms with E-state index in [0.717, 1.165) is 12.1 Å². The Morgan fingerprint density at radius 1 is 1.43 bits per heavy atom. The number of carboxylic acids is 1. The van der Waals surface area contributed by atoms with Crippen LogP contribution in [-0.2, 0) is 15.7 Å². The number of hydrogen-bond donors (Lipinski definition) is 2. The second-order valence-corrected chi connectivity index (χ2v) is 5.59. The Morgan fingerprint density at radius 3 is 2.71 bits per heavy atom. The molecule has 1 aromatic carbocycles. The van der Waals surface area contributed by atoms with Crippen molar-refractivity contribution in [3.05, 3.63) is 28.2 Å². The molecular weight excluding hydrogens is 355 g/mol. The fourth-order valence-corrected chi connectivity index (χ4v) is 2.49. The number of halogens is 4. The Balaban J connectivity index is 1.99. The minimum Gasteiger partial charge on any atom is -0.479 e. The van der Waals surface area contributed by atoms with E-state index in [-0.39, 0.29) is 12.6 Å². The molecule has 0 radical (unpaired) electrons. The van der Waals surface area contributed by atoms with Gasteiger partial charge in [0.15, 0.2) is 6.10 Å². The minimum absolute atomic E-state index is 0.254. The van der Waals surface area contributed by atoms with Crippen molar-refractivity contribution >= 4 is 27.6 Å². The highest BCUT2D eigenvalue weighted by Gasteiger charge is 2.32. The number of ether oxygens (including phenoxy) is 1. The Bertz CT molecular complexity index is 536. The second-order valence-electron chi connectivity index (χ2n) is 4.74. The Morgan fingerprint density at radius 2 is 2.14 bits per heavy atom. The van der Waals surface area contributed by atoms with Crippen LogP contribution in [0.3, 0.4) is 0 Å². The fourth-order valence-electron chi connectivity index (χ4n) is 2.10. The predicted molar refractivity (Wildman–Crippen MR) is 73.2 cm³/mol. The van der Waals surface area contributed by atoms with E-state index in [1.165, 1.54) is 6.07 Å². The predicted octanol–water partition coefficient (Wildman–Crippen LogP) is 3.51. The number of alkyl halides is 3. The summed E-state index contributed by atoms with van der Waals surface area (Å²) in [6, 6.07) is 3.32. The zero-order chi connectivity index (χ0) is 15.6. The average Bonchev–Trinajstić information content (AvgIpc) is 2.85. The molecule has 8 heteroatoms. The normalized spacial score (nSPS) is 22.3. The molecular formula is C13H13BrF3NO3. The van der Waals surface area contributed by atoms with Crippen molar-refractivity contribution in [1.82, 2.24) is 0 Å². The number of rotatable bonds is 4. The lowest BCUT2D eigenvalue weighted by molar-refractivity contribution is -0.149. The van der Waals surface area contributed by atoms with Crippen molar-refractivity contribution < 1.29 is 27.8 Å². The van der Waals surface area contributed by atoms with E-state index in [1.54, 1.807) is 0 Å². The van der Waals surface area contributed by atoms with Crippen LogP contribution in [0.4, 0.5) is 18.9 Å². The number of carbonyl (C=O) groups is 1. The molecule has 1 aromatic rings. The second kappa shape index (κ2) is 6.23. The number of benzene rings is 1. The summed E-state index contributed by atoms with van der Waals surface area (Å²) in [7, 11) is 0. The molecule has 0 saturated carbocycles. The van der Waals surface area contributed by atoms with Gasteiger partial charge in [-0.2, -0.15) is 13.2 Å². The standard InChI is InChI=1S/C13H13BrF3NO3/c14-9-3-1-7(13(15,16)17)5-10(9)18-6-8-2-4-11(21-8)12(19)20/h1,3,5,8,11,18H,2,4,6H2,(H,19,20). The van der Waals surface area contributed by atoms with E-state index < -0.39 is 23.8 Å². The van der Waals surface area contributed by atoms with Gasteiger partial charge in [0.2, 0.25) is 0 Å². The summed E-state index contributed by atoms with van der Waals surface area (Å²) in [5.74, 6) is -1.02. The van der Waals surface area contributed by atoms with E-state index in [4.69, 9.17) is 9.84 Å². The Kier molecular flexibility index (Phi) is 4.77. The van der Waals surface area contributed by atoms with E-state index in [9.17, 15) is 18.0 Å². The molecule has 21 heavy (non-hydrogen) atoms. The molecule has 0 spiro atoms. The molecule has 0 aromatic heterocycles. The van der Waals surface area contributed by atoms with Crippen LogP contribution in [0.25, 0.3) is 0 Å². The first-order valence-corrected chi connectivity index (χ1v) is 7.05. The molecule has 1 saturated heterocycles. The fraction of sp³-hybridized carbons (Fsp3) is 0.462. The molecule has 2 N–H and O–H groups in total. The van der Waals surface area contributed by atoms with Crippen molar-refractivity contribution in [2.45, 2.75) is 31.2 Å². The molecule has 2 unspecified atom stereocenters. The highest BCUT2D eigenvalue weighted by Crippen LogP contribution is 2.34. The molecule has 2 atom stereocenters. The van der Waals surface area contributed by atoms with Gasteiger partial charge in [-0.05, 0) is 47.0 Å². The zero-order valence-corrected chi connectivity index (χ0v) is 12.4. The van der Waals surface area contributed by atoms with Crippen molar-refractivity contribution in [3.8, 4) is 0 Å². The zero-order valence-electron chi connectivity index (χ0n) is 10.8. The maximum absolute atomic E-state index is 12.6. The summed E-state index contributed by atoms with van der Waals surface area (Å²) < 4.78 is 43.7. The molecule has 0 amide bonds. The SMILES string of the molecule is O=C(O)C1CCC(CNc2cc(C(F)(F)F)ccc2Br)O1. The number of carboxylic acid groups (broad SMARTS) is 1. The van der Waals surface area contributed by atoms with Crippen molar-refractivity contribution in [1.29, 1.82) is 0 Å². The topological polar surface area (TPSA) is 58.6 Å². The molecule has 2 rings (SSSR count). The third-order valence-corrected chi connectivity index (χ3v) is 3.89. The van der Waals surface area contributed by atoms with Gasteiger partial charge in [0, 0.05) is 16.7 Å². The van der Waals surface area contributed by atoms with Gasteiger partial charge in [0.05, 0.1) is 11.7 Å². The molecule has 1 aliphatic heterocycles. The van der Waals surface area contributed by atoms with Crippen LogP contribution in [0.1, 0.15) is 18.4 Å². The lowest BCUT2D eigenvalue weighted by Crippen LogP contribution is -2.24. The maximum atomic E-state index is 12.6. The third-order valence-electron chi connectivity index (χ3n) is 3.20. The molecule has 1 fully saturated rings. The summed E-state index contributed by atoms with van der Waals surface area (Å²) in [4.78, 5) is 10.8. The van der Waals surface area contributed by atoms with Gasteiger partial charge >= 0.3 is 12.1 Å². The lowest BCUT2D eigenvalue weighted by Gasteiger charge is -2.16. The van der Waals surface area contributed by atoms with E-state index in [2.05, 4.69) is 21.2 Å². The summed E-state index contributed by atoms with van der Waals surface area (Å²) in [6.07, 6.45) is -4.60. The monoisotopic (exact) mass is 367 g/mol. The summed E-state index contributed by atoms with van der Waals surface area (Å²) >= 11 is 3.18. The van der Waals surface area contributed by atoms with Crippen LogP contribution in [0.2, 0.25) is 0 Å². The largest absolute Gasteiger partial charge is 0.479 e. The van der Waals surface area contributed by atoms with Gasteiger partial charge in [-0.25, -0.2) is 4.79 Å². The number of nitrogens with one attached hydrogen (secondary N) is 1. The highest BCUT2D eigenvalue weighted by molar-refractivity contribution is 9.10. The number of hydrogen-bond acceptors (Lipinski definition) is 3. The molecule has 0 bridgehead atoms. The third kappa shape index (κ3) is 4.10. The first-order chi connectivity index (χ1) is 9.77. The quantitative estimate of drug-likeness (QED) is 0.854. The van der Waals surface area contributed by atoms with Gasteiger partial charge < -0.3 is 15.2 Å². The van der Waals surface area contributed by atoms with Crippen molar-refractivity contribution in [3.63, 3.8) is 0 Å². The Labute approximate surface area is 127 Å². The smallest absolute Gasteiger partial charge is 0.416 e. The lowest BCUT2D eigenvalue weighted by atomic mass is 10.1. The van der Waals surface area contributed by atoms with Crippen LogP contribution in [-0.4, -0.2) is 29.8 Å². The molecule has 116 valence electrons. The Hall–Kier alpha value is -1.28. The minimum atomic E-state index is -4.41. The first kappa shape index (κ1) is 16.1. The van der Waals surface area contributed by atoms with Crippen LogP contribution in [0.15, 0.2) is 22.7 Å². The molecule has 1 heterocycles. The van der Waals surface area contributed by atoms with Gasteiger partial charge in [-0.1, -0.05) is 0 Å². The van der Waals surface area contributed by atoms with Gasteiger partial charge in [0.1, 0.15) is 0 Å². The van der Waals surface area contributed by atoms with Crippen molar-refractivity contribution in [2.24, 2.45) is 0 Å². The summed E-state index contributed by atoms with van der Waals surface area (Å²) in [5, 5.41) is 11.7. The average molecular weight is 368 g/mol.